The number of fused-ring (bicyclic) bond motifs is 1. The molecular weight excluding hydrogens is 436 g/mol. The fraction of sp³-hybridized carbons (Fsp3) is 0.455. The molecule has 1 aliphatic rings. The lowest BCUT2D eigenvalue weighted by Gasteiger charge is -2.26. The molecule has 2 aromatic rings. The van der Waals surface area contributed by atoms with Gasteiger partial charge in [-0.05, 0) is 22.0 Å². The van der Waals surface area contributed by atoms with Crippen molar-refractivity contribution in [1.82, 2.24) is 14.6 Å². The third-order valence-electron chi connectivity index (χ3n) is 4.05. The molecule has 1 fully saturated rings. The quantitative estimate of drug-likeness (QED) is 0.160. The predicted octanol–water partition coefficient (Wildman–Crippen LogP) is -0.106. The second-order valence-corrected chi connectivity index (χ2v) is 8.09. The van der Waals surface area contributed by atoms with Gasteiger partial charge in [-0.15, -0.1) is 4.89 Å². The Morgan fingerprint density at radius 3 is 2.90 bits per heavy atom. The van der Waals surface area contributed by atoms with Crippen molar-refractivity contribution >= 4 is 27.4 Å². The molecule has 18 heteroatoms. The molecular formula is C11H14N7O9P2+. The molecule has 3 heterocycles. The maximum absolute atomic E-state index is 11.6. The zero-order chi connectivity index (χ0) is 21.4. The Balaban J connectivity index is 1.93. The lowest BCUT2D eigenvalue weighted by Crippen LogP contribution is -2.44. The molecule has 6 atom stereocenters. The van der Waals surface area contributed by atoms with Gasteiger partial charge < -0.3 is 20.7 Å². The first-order chi connectivity index (χ1) is 13.6. The summed E-state index contributed by atoms with van der Waals surface area (Å²) < 4.78 is 37.3. The van der Waals surface area contributed by atoms with Crippen LogP contribution in [0.4, 0.5) is 5.82 Å². The van der Waals surface area contributed by atoms with E-state index in [1.807, 2.05) is 0 Å². The van der Waals surface area contributed by atoms with Gasteiger partial charge in [-0.2, -0.15) is 5.10 Å². The lowest BCUT2D eigenvalue weighted by atomic mass is 10.0. The van der Waals surface area contributed by atoms with E-state index < -0.39 is 46.7 Å². The van der Waals surface area contributed by atoms with Crippen LogP contribution in [0.3, 0.4) is 0 Å². The second-order valence-electron chi connectivity index (χ2n) is 5.77. The van der Waals surface area contributed by atoms with Crippen LogP contribution in [0, 0.1) is 0 Å². The molecule has 29 heavy (non-hydrogen) atoms. The van der Waals surface area contributed by atoms with Gasteiger partial charge in [0.15, 0.2) is 11.5 Å². The first kappa shape index (κ1) is 21.5. The van der Waals surface area contributed by atoms with E-state index in [2.05, 4.69) is 28.9 Å². The van der Waals surface area contributed by atoms with Gasteiger partial charge in [-0.1, -0.05) is 5.11 Å². The molecule has 2 aromatic heterocycles. The Labute approximate surface area is 161 Å². The number of rotatable bonds is 7. The number of anilines is 1. The van der Waals surface area contributed by atoms with Crippen LogP contribution in [0.5, 0.6) is 0 Å². The van der Waals surface area contributed by atoms with Gasteiger partial charge in [0.2, 0.25) is 0 Å². The number of azide groups is 1. The van der Waals surface area contributed by atoms with E-state index in [1.165, 1.54) is 16.6 Å². The minimum atomic E-state index is -5.07. The molecule has 156 valence electrons. The van der Waals surface area contributed by atoms with E-state index in [-0.39, 0.29) is 11.5 Å². The molecule has 1 saturated heterocycles. The van der Waals surface area contributed by atoms with Crippen LogP contribution in [0.2, 0.25) is 0 Å². The largest absolute Gasteiger partial charge is 0.705 e. The third kappa shape index (κ3) is 4.08. The lowest BCUT2D eigenvalue weighted by molar-refractivity contribution is -0.106. The summed E-state index contributed by atoms with van der Waals surface area (Å²) in [5.74, 6) is 0.125. The molecule has 0 saturated carbocycles. The van der Waals surface area contributed by atoms with E-state index in [4.69, 9.17) is 20.9 Å². The Kier molecular flexibility index (Phi) is 5.85. The van der Waals surface area contributed by atoms with Crippen LogP contribution < -0.4 is 5.73 Å². The average Bonchev–Trinajstić information content (AvgIpc) is 3.16. The van der Waals surface area contributed by atoms with Gasteiger partial charge >= 0.3 is 16.1 Å². The number of nitrogens with zero attached hydrogens (tertiary/aromatic N) is 6. The fourth-order valence-corrected chi connectivity index (χ4v) is 4.05. The molecule has 0 aliphatic carbocycles. The van der Waals surface area contributed by atoms with Crippen molar-refractivity contribution in [2.24, 2.45) is 5.11 Å². The summed E-state index contributed by atoms with van der Waals surface area (Å²) in [7, 11) is -8.56. The number of phosphoric acid groups is 1. The maximum Gasteiger partial charge on any atom is 0.705 e. The van der Waals surface area contributed by atoms with E-state index in [1.54, 1.807) is 0 Å². The topological polar surface area (TPSA) is 248 Å². The smallest absolute Gasteiger partial charge is 0.387 e. The summed E-state index contributed by atoms with van der Waals surface area (Å²) >= 11 is 0. The standard InChI is InChI=1S/C11H13N7O9P2/c12-10-6-2-1-5(18(6)15-4-14-10)8-7(19)9(20)11(26-8,16-17-13)3-25-29(23,24)27-28(21)22/h1-2,4,7-9,19-20H,3H2,(H3-,12,14,15,21,22,23,24)/p+1/t7-,8-,9-,11?/m0/s1. The molecule has 0 spiro atoms. The van der Waals surface area contributed by atoms with Crippen molar-refractivity contribution in [3.05, 3.63) is 34.6 Å². The van der Waals surface area contributed by atoms with E-state index in [9.17, 15) is 24.2 Å². The maximum atomic E-state index is 11.6. The minimum absolute atomic E-state index is 0.125. The molecule has 0 amide bonds. The van der Waals surface area contributed by atoms with E-state index >= 15 is 0 Å². The normalized spacial score (nSPS) is 29.4. The number of hydrogen-bond acceptors (Lipinski definition) is 11. The summed E-state index contributed by atoms with van der Waals surface area (Å²) in [6.07, 6.45) is -3.80. The summed E-state index contributed by atoms with van der Waals surface area (Å²) in [4.78, 5) is 24.3. The molecule has 6 N–H and O–H groups in total. The van der Waals surface area contributed by atoms with Gasteiger partial charge in [0.05, 0.1) is 12.3 Å². The zero-order valence-electron chi connectivity index (χ0n) is 14.2. The Hall–Kier alpha value is -2.22. The van der Waals surface area contributed by atoms with Crippen LogP contribution in [0.1, 0.15) is 11.8 Å². The second kappa shape index (κ2) is 7.89. The third-order valence-corrected chi connectivity index (χ3v) is 5.89. The summed E-state index contributed by atoms with van der Waals surface area (Å²) in [6, 6.07) is 2.98. The van der Waals surface area contributed by atoms with Crippen molar-refractivity contribution in [2.75, 3.05) is 12.3 Å². The number of nitrogens with two attached hydrogens (primary N) is 1. The van der Waals surface area contributed by atoms with Crippen molar-refractivity contribution in [3.8, 4) is 0 Å². The summed E-state index contributed by atoms with van der Waals surface area (Å²) in [5.41, 5.74) is 12.8. The number of nitrogen functional groups attached to an aromatic ring is 1. The van der Waals surface area contributed by atoms with Gasteiger partial charge in [-0.3, -0.25) is 9.42 Å². The van der Waals surface area contributed by atoms with Crippen LogP contribution in [-0.4, -0.2) is 59.1 Å². The van der Waals surface area contributed by atoms with E-state index in [0.29, 0.717) is 5.52 Å². The van der Waals surface area contributed by atoms with Crippen LogP contribution in [0.15, 0.2) is 23.6 Å². The van der Waals surface area contributed by atoms with Gasteiger partial charge in [-0.25, -0.2) is 14.1 Å². The predicted molar refractivity (Wildman–Crippen MR) is 91.8 cm³/mol. The SMILES string of the molecule is [N-]=[N+]=NC1(COP(=O)(O)O[P+](=O)O)O[C@@H](c2ccc3c(N)ncnn23)[C@H](O)[C@@H]1O. The van der Waals surface area contributed by atoms with Crippen molar-refractivity contribution in [1.29, 1.82) is 0 Å². The highest BCUT2D eigenvalue weighted by Crippen LogP contribution is 2.52. The van der Waals surface area contributed by atoms with Gasteiger partial charge in [0.25, 0.3) is 0 Å². The number of ether oxygens (including phenoxy) is 1. The number of phosphoric ester groups is 1. The average molecular weight is 450 g/mol. The number of aromatic nitrogens is 3. The summed E-state index contributed by atoms with van der Waals surface area (Å²) in [5, 5.41) is 28.1. The molecule has 3 rings (SSSR count). The van der Waals surface area contributed by atoms with Gasteiger partial charge in [0.1, 0.15) is 30.2 Å². The van der Waals surface area contributed by atoms with Crippen molar-refractivity contribution in [2.45, 2.75) is 24.0 Å². The van der Waals surface area contributed by atoms with E-state index in [0.717, 1.165) is 6.33 Å². The highest BCUT2D eigenvalue weighted by molar-refractivity contribution is 7.55. The Bertz CT molecular complexity index is 1040. The molecule has 3 unspecified atom stereocenters. The number of aliphatic hydroxyl groups is 2. The first-order valence-electron chi connectivity index (χ1n) is 7.62. The monoisotopic (exact) mass is 450 g/mol. The number of aliphatic hydroxyl groups excluding tert-OH is 2. The molecule has 16 nitrogen and oxygen atoms in total. The summed E-state index contributed by atoms with van der Waals surface area (Å²) in [6.45, 7) is -1.09. The number of hydrogen-bond donors (Lipinski definition) is 5. The molecule has 0 radical (unpaired) electrons. The fourth-order valence-electron chi connectivity index (χ4n) is 2.81. The molecule has 1 aliphatic heterocycles. The molecule has 0 aromatic carbocycles. The highest BCUT2D eigenvalue weighted by Gasteiger charge is 2.56. The van der Waals surface area contributed by atoms with Crippen LogP contribution >= 0.6 is 16.1 Å². The Morgan fingerprint density at radius 2 is 2.24 bits per heavy atom. The van der Waals surface area contributed by atoms with Crippen LogP contribution in [0.25, 0.3) is 16.0 Å². The van der Waals surface area contributed by atoms with Gasteiger partial charge in [0, 0.05) is 9.48 Å². The van der Waals surface area contributed by atoms with Crippen molar-refractivity contribution in [3.63, 3.8) is 0 Å². The first-order valence-corrected chi connectivity index (χ1v) is 10.2. The van der Waals surface area contributed by atoms with Crippen LogP contribution in [-0.2, 0) is 22.7 Å². The Morgan fingerprint density at radius 1 is 1.52 bits per heavy atom. The molecule has 0 bridgehead atoms. The minimum Gasteiger partial charge on any atom is -0.387 e. The highest BCUT2D eigenvalue weighted by atomic mass is 31.2. The zero-order valence-corrected chi connectivity index (χ0v) is 15.9. The van der Waals surface area contributed by atoms with Crippen molar-refractivity contribution < 1.29 is 42.7 Å².